The second-order valence-corrected chi connectivity index (χ2v) is 5.98. The van der Waals surface area contributed by atoms with Crippen LogP contribution in [0.3, 0.4) is 0 Å². The topological polar surface area (TPSA) is 55.1 Å². The molecule has 0 saturated carbocycles. The van der Waals surface area contributed by atoms with Crippen LogP contribution in [0.15, 0.2) is 24.3 Å². The summed E-state index contributed by atoms with van der Waals surface area (Å²) in [6, 6.07) is 7.63. The maximum atomic E-state index is 12.0. The average molecular weight is 248 g/mol. The number of nitrogens with one attached hydrogen (secondary N) is 1. The molecule has 0 aliphatic rings. The van der Waals surface area contributed by atoms with E-state index in [1.807, 2.05) is 58.9 Å². The fraction of sp³-hybridized carbons (Fsp3) is 0.533. The second-order valence-electron chi connectivity index (χ2n) is 5.98. The van der Waals surface area contributed by atoms with Crippen molar-refractivity contribution < 1.29 is 4.79 Å². The van der Waals surface area contributed by atoms with Crippen molar-refractivity contribution in [3.05, 3.63) is 35.4 Å². The molecule has 2 atom stereocenters. The van der Waals surface area contributed by atoms with Crippen LogP contribution in [-0.4, -0.2) is 11.9 Å². The quantitative estimate of drug-likeness (QED) is 0.863. The van der Waals surface area contributed by atoms with Crippen LogP contribution in [0.25, 0.3) is 0 Å². The van der Waals surface area contributed by atoms with Crippen LogP contribution in [0.5, 0.6) is 0 Å². The Labute approximate surface area is 110 Å². The molecule has 3 nitrogen and oxygen atoms in total. The molecular formula is C15H24N2O. The summed E-state index contributed by atoms with van der Waals surface area (Å²) in [6.45, 7) is 9.91. The van der Waals surface area contributed by atoms with Crippen LogP contribution < -0.4 is 11.1 Å². The summed E-state index contributed by atoms with van der Waals surface area (Å²) in [4.78, 5) is 12.0. The molecule has 0 aliphatic heterocycles. The molecule has 0 saturated heterocycles. The predicted octanol–water partition coefficient (Wildman–Crippen LogP) is 2.55. The number of nitrogens with two attached hydrogens (primary N) is 1. The summed E-state index contributed by atoms with van der Waals surface area (Å²) in [7, 11) is 0. The number of rotatable bonds is 3. The molecule has 1 rings (SSSR count). The number of amides is 1. The zero-order chi connectivity index (χ0) is 13.9. The highest BCUT2D eigenvalue weighted by Gasteiger charge is 2.28. The molecule has 3 heteroatoms. The molecule has 1 aromatic carbocycles. The Balaban J connectivity index is 2.68. The lowest BCUT2D eigenvalue weighted by molar-refractivity contribution is -0.125. The fourth-order valence-corrected chi connectivity index (χ4v) is 1.63. The molecule has 3 N–H and O–H groups in total. The summed E-state index contributed by atoms with van der Waals surface area (Å²) in [5, 5.41) is 2.96. The maximum absolute atomic E-state index is 12.0. The van der Waals surface area contributed by atoms with E-state index in [0.29, 0.717) is 0 Å². The molecule has 0 fully saturated rings. The minimum Gasteiger partial charge on any atom is -0.348 e. The molecular weight excluding hydrogens is 224 g/mol. The van der Waals surface area contributed by atoms with Gasteiger partial charge in [0.15, 0.2) is 0 Å². The standard InChI is InChI=1S/C15H24N2O/c1-10-6-8-12(9-7-10)11(2)17-14(18)13(16)15(3,4)5/h6-9,11,13H,16H2,1-5H3,(H,17,18)/t11?,13-/m0/s1. The number of carbonyl (C=O) groups excluding carboxylic acids is 1. The van der Waals surface area contributed by atoms with Crippen LogP contribution in [-0.2, 0) is 4.79 Å². The van der Waals surface area contributed by atoms with Gasteiger partial charge in [-0.25, -0.2) is 0 Å². The molecule has 1 aromatic rings. The third kappa shape index (κ3) is 3.84. The van der Waals surface area contributed by atoms with Crippen LogP contribution in [0.2, 0.25) is 0 Å². The molecule has 0 aromatic heterocycles. The van der Waals surface area contributed by atoms with E-state index in [-0.39, 0.29) is 17.4 Å². The largest absolute Gasteiger partial charge is 0.348 e. The van der Waals surface area contributed by atoms with Crippen molar-refractivity contribution in [1.82, 2.24) is 5.32 Å². The summed E-state index contributed by atoms with van der Waals surface area (Å²) < 4.78 is 0. The number of hydrogen-bond acceptors (Lipinski definition) is 2. The smallest absolute Gasteiger partial charge is 0.237 e. The van der Waals surface area contributed by atoms with E-state index in [1.165, 1.54) is 5.56 Å². The van der Waals surface area contributed by atoms with Gasteiger partial charge in [0, 0.05) is 0 Å². The molecule has 18 heavy (non-hydrogen) atoms. The Morgan fingerprint density at radius 2 is 1.72 bits per heavy atom. The number of carbonyl (C=O) groups is 1. The van der Waals surface area contributed by atoms with E-state index < -0.39 is 6.04 Å². The van der Waals surface area contributed by atoms with Gasteiger partial charge in [-0.05, 0) is 24.8 Å². The molecule has 1 unspecified atom stereocenters. The first kappa shape index (κ1) is 14.7. The Kier molecular flexibility index (Phi) is 4.52. The summed E-state index contributed by atoms with van der Waals surface area (Å²) in [5.74, 6) is -0.101. The molecule has 0 bridgehead atoms. The minimum atomic E-state index is -0.495. The van der Waals surface area contributed by atoms with Gasteiger partial charge in [0.1, 0.15) is 0 Å². The van der Waals surface area contributed by atoms with Gasteiger partial charge in [-0.1, -0.05) is 50.6 Å². The van der Waals surface area contributed by atoms with Crippen molar-refractivity contribution >= 4 is 5.91 Å². The Hall–Kier alpha value is -1.35. The Bertz CT molecular complexity index is 403. The van der Waals surface area contributed by atoms with E-state index in [9.17, 15) is 4.79 Å². The van der Waals surface area contributed by atoms with Gasteiger partial charge in [0.05, 0.1) is 12.1 Å². The maximum Gasteiger partial charge on any atom is 0.237 e. The lowest BCUT2D eigenvalue weighted by atomic mass is 9.86. The van der Waals surface area contributed by atoms with Crippen LogP contribution >= 0.6 is 0 Å². The normalized spacial score (nSPS) is 15.0. The first-order valence-electron chi connectivity index (χ1n) is 6.34. The van der Waals surface area contributed by atoms with Gasteiger partial charge in [0.25, 0.3) is 0 Å². The van der Waals surface area contributed by atoms with Gasteiger partial charge < -0.3 is 11.1 Å². The summed E-state index contributed by atoms with van der Waals surface area (Å²) in [5.41, 5.74) is 8.01. The Morgan fingerprint density at radius 3 is 2.17 bits per heavy atom. The molecule has 0 spiro atoms. The highest BCUT2D eigenvalue weighted by atomic mass is 16.2. The zero-order valence-corrected chi connectivity index (χ0v) is 11.9. The first-order valence-corrected chi connectivity index (χ1v) is 6.34. The average Bonchev–Trinajstić information content (AvgIpc) is 2.27. The van der Waals surface area contributed by atoms with Gasteiger partial charge >= 0.3 is 0 Å². The first-order chi connectivity index (χ1) is 8.21. The highest BCUT2D eigenvalue weighted by molar-refractivity contribution is 5.82. The van der Waals surface area contributed by atoms with Gasteiger partial charge in [-0.3, -0.25) is 4.79 Å². The van der Waals surface area contributed by atoms with Crippen molar-refractivity contribution in [2.45, 2.75) is 46.7 Å². The third-order valence-electron chi connectivity index (χ3n) is 3.15. The molecule has 100 valence electrons. The van der Waals surface area contributed by atoms with Crippen molar-refractivity contribution in [2.24, 2.45) is 11.1 Å². The van der Waals surface area contributed by atoms with Crippen LogP contribution in [0.1, 0.15) is 44.9 Å². The number of hydrogen-bond donors (Lipinski definition) is 2. The van der Waals surface area contributed by atoms with Crippen LogP contribution in [0.4, 0.5) is 0 Å². The lowest BCUT2D eigenvalue weighted by Gasteiger charge is -2.27. The van der Waals surface area contributed by atoms with Crippen LogP contribution in [0, 0.1) is 12.3 Å². The van der Waals surface area contributed by atoms with Crippen molar-refractivity contribution in [3.8, 4) is 0 Å². The number of aryl methyl sites for hydroxylation is 1. The minimum absolute atomic E-state index is 0.0218. The van der Waals surface area contributed by atoms with Crippen molar-refractivity contribution in [3.63, 3.8) is 0 Å². The predicted molar refractivity (Wildman–Crippen MR) is 75.2 cm³/mol. The number of benzene rings is 1. The van der Waals surface area contributed by atoms with Gasteiger partial charge in [0.2, 0.25) is 5.91 Å². The molecule has 0 heterocycles. The molecule has 1 amide bonds. The lowest BCUT2D eigenvalue weighted by Crippen LogP contribution is -2.49. The highest BCUT2D eigenvalue weighted by Crippen LogP contribution is 2.19. The van der Waals surface area contributed by atoms with E-state index >= 15 is 0 Å². The third-order valence-corrected chi connectivity index (χ3v) is 3.15. The SMILES string of the molecule is Cc1ccc(C(C)NC(=O)[C@H](N)C(C)(C)C)cc1. The summed E-state index contributed by atoms with van der Waals surface area (Å²) in [6.07, 6.45) is 0. The van der Waals surface area contributed by atoms with Gasteiger partial charge in [-0.15, -0.1) is 0 Å². The van der Waals surface area contributed by atoms with E-state index in [4.69, 9.17) is 5.73 Å². The molecule has 0 radical (unpaired) electrons. The monoisotopic (exact) mass is 248 g/mol. The van der Waals surface area contributed by atoms with Gasteiger partial charge in [-0.2, -0.15) is 0 Å². The Morgan fingerprint density at radius 1 is 1.22 bits per heavy atom. The zero-order valence-electron chi connectivity index (χ0n) is 11.9. The molecule has 0 aliphatic carbocycles. The summed E-state index contributed by atoms with van der Waals surface area (Å²) >= 11 is 0. The van der Waals surface area contributed by atoms with E-state index in [2.05, 4.69) is 5.32 Å². The van der Waals surface area contributed by atoms with Crippen molar-refractivity contribution in [2.75, 3.05) is 0 Å². The van der Waals surface area contributed by atoms with Crippen molar-refractivity contribution in [1.29, 1.82) is 0 Å². The van der Waals surface area contributed by atoms with E-state index in [0.717, 1.165) is 5.56 Å². The fourth-order valence-electron chi connectivity index (χ4n) is 1.63. The second kappa shape index (κ2) is 5.53. The van der Waals surface area contributed by atoms with E-state index in [1.54, 1.807) is 0 Å².